The molecule has 0 fully saturated rings. The molecule has 0 amide bonds. The first-order chi connectivity index (χ1) is 7.56. The Hall–Kier alpha value is -0.630. The fourth-order valence-corrected chi connectivity index (χ4v) is 2.29. The summed E-state index contributed by atoms with van der Waals surface area (Å²) < 4.78 is 26.5. The summed E-state index contributed by atoms with van der Waals surface area (Å²) in [4.78, 5) is 0. The molecule has 1 aromatic carbocycles. The van der Waals surface area contributed by atoms with Gasteiger partial charge >= 0.3 is 0 Å². The van der Waals surface area contributed by atoms with Crippen LogP contribution in [0.5, 0.6) is 0 Å². The molecule has 0 aliphatic rings. The van der Waals surface area contributed by atoms with Gasteiger partial charge in [-0.15, -0.1) is 11.6 Å². The van der Waals surface area contributed by atoms with Gasteiger partial charge in [0, 0.05) is 5.88 Å². The summed E-state index contributed by atoms with van der Waals surface area (Å²) in [5, 5.41) is 0. The van der Waals surface area contributed by atoms with Crippen molar-refractivity contribution in [1.82, 2.24) is 0 Å². The van der Waals surface area contributed by atoms with Gasteiger partial charge in [-0.25, -0.2) is 8.78 Å². The lowest BCUT2D eigenvalue weighted by Gasteiger charge is -2.29. The average Bonchev–Trinajstić information content (AvgIpc) is 2.31. The first kappa shape index (κ1) is 13.4. The van der Waals surface area contributed by atoms with Crippen molar-refractivity contribution in [2.24, 2.45) is 5.41 Å². The van der Waals surface area contributed by atoms with E-state index >= 15 is 0 Å². The van der Waals surface area contributed by atoms with E-state index in [0.717, 1.165) is 18.9 Å². The summed E-state index contributed by atoms with van der Waals surface area (Å²) in [5.74, 6) is -0.277. The van der Waals surface area contributed by atoms with Crippen molar-refractivity contribution >= 4 is 11.6 Å². The highest BCUT2D eigenvalue weighted by Gasteiger charge is 2.26. The average molecular weight is 247 g/mol. The maximum atomic E-state index is 13.5. The third kappa shape index (κ3) is 2.94. The van der Waals surface area contributed by atoms with Crippen LogP contribution in [0.25, 0.3) is 0 Å². The largest absolute Gasteiger partial charge is 0.207 e. The van der Waals surface area contributed by atoms with Gasteiger partial charge in [0.05, 0.1) is 0 Å². The molecule has 3 heteroatoms. The molecule has 0 saturated heterocycles. The summed E-state index contributed by atoms with van der Waals surface area (Å²) in [6.07, 6.45) is 2.22. The van der Waals surface area contributed by atoms with Crippen LogP contribution >= 0.6 is 11.6 Å². The van der Waals surface area contributed by atoms with Crippen molar-refractivity contribution in [1.29, 1.82) is 0 Å². The molecule has 0 saturated carbocycles. The number of benzene rings is 1. The Morgan fingerprint density at radius 2 is 1.81 bits per heavy atom. The van der Waals surface area contributed by atoms with Crippen LogP contribution in [0, 0.1) is 17.0 Å². The molecule has 0 aliphatic heterocycles. The molecule has 1 rings (SSSR count). The Morgan fingerprint density at radius 1 is 1.19 bits per heavy atom. The zero-order valence-corrected chi connectivity index (χ0v) is 10.5. The van der Waals surface area contributed by atoms with E-state index in [1.807, 2.05) is 13.8 Å². The molecule has 1 aromatic rings. The molecule has 0 bridgehead atoms. The number of hydrogen-bond acceptors (Lipinski definition) is 0. The maximum absolute atomic E-state index is 13.5. The minimum Gasteiger partial charge on any atom is -0.207 e. The quantitative estimate of drug-likeness (QED) is 0.669. The lowest BCUT2D eigenvalue weighted by molar-refractivity contribution is 0.297. The zero-order valence-electron chi connectivity index (χ0n) is 9.69. The molecule has 0 aliphatic carbocycles. The fraction of sp³-hybridized carbons (Fsp3) is 0.538. The predicted octanol–water partition coefficient (Wildman–Crippen LogP) is 4.55. The Bertz CT molecular complexity index is 338. The smallest absolute Gasteiger partial charge is 0.126 e. The number of hydrogen-bond donors (Lipinski definition) is 0. The van der Waals surface area contributed by atoms with Crippen molar-refractivity contribution < 1.29 is 8.78 Å². The second-order valence-electron chi connectivity index (χ2n) is 4.25. The SMILES string of the molecule is CCC(CC)(CCl)Cc1cc(F)ccc1F. The topological polar surface area (TPSA) is 0 Å². The standard InChI is InChI=1S/C13H17ClF2/c1-3-13(4-2,9-14)8-10-7-11(15)5-6-12(10)16/h5-7H,3-4,8-9H2,1-2H3. The summed E-state index contributed by atoms with van der Waals surface area (Å²) in [6.45, 7) is 4.06. The second kappa shape index (κ2) is 5.62. The number of halogens is 3. The monoisotopic (exact) mass is 246 g/mol. The molecule has 0 N–H and O–H groups in total. The molecule has 0 nitrogen and oxygen atoms in total. The van der Waals surface area contributed by atoms with Gasteiger partial charge in [0.25, 0.3) is 0 Å². The Balaban J connectivity index is 2.97. The maximum Gasteiger partial charge on any atom is 0.126 e. The highest BCUT2D eigenvalue weighted by atomic mass is 35.5. The van der Waals surface area contributed by atoms with E-state index in [0.29, 0.717) is 17.9 Å². The van der Waals surface area contributed by atoms with Crippen LogP contribution in [-0.4, -0.2) is 5.88 Å². The highest BCUT2D eigenvalue weighted by Crippen LogP contribution is 2.33. The Kier molecular flexibility index (Phi) is 4.72. The van der Waals surface area contributed by atoms with Crippen LogP contribution in [0.4, 0.5) is 8.78 Å². The molecule has 16 heavy (non-hydrogen) atoms. The zero-order chi connectivity index (χ0) is 12.2. The third-order valence-corrected chi connectivity index (χ3v) is 3.92. The van der Waals surface area contributed by atoms with E-state index in [2.05, 4.69) is 0 Å². The number of rotatable bonds is 5. The van der Waals surface area contributed by atoms with Crippen LogP contribution < -0.4 is 0 Å². The van der Waals surface area contributed by atoms with Gasteiger partial charge in [-0.1, -0.05) is 13.8 Å². The molecule has 0 radical (unpaired) electrons. The van der Waals surface area contributed by atoms with Crippen molar-refractivity contribution in [2.45, 2.75) is 33.1 Å². The van der Waals surface area contributed by atoms with Crippen LogP contribution in [0.3, 0.4) is 0 Å². The summed E-state index contributed by atoms with van der Waals surface area (Å²) in [7, 11) is 0. The summed E-state index contributed by atoms with van der Waals surface area (Å²) in [5.41, 5.74) is 0.292. The molecule has 0 aromatic heterocycles. The van der Waals surface area contributed by atoms with Crippen molar-refractivity contribution in [2.75, 3.05) is 5.88 Å². The van der Waals surface area contributed by atoms with Gasteiger partial charge in [0.15, 0.2) is 0 Å². The Morgan fingerprint density at radius 3 is 2.31 bits per heavy atom. The summed E-state index contributed by atoms with van der Waals surface area (Å²) >= 11 is 5.95. The molecular weight excluding hydrogens is 230 g/mol. The van der Waals surface area contributed by atoms with E-state index < -0.39 is 5.82 Å². The van der Waals surface area contributed by atoms with Crippen LogP contribution in [0.2, 0.25) is 0 Å². The van der Waals surface area contributed by atoms with Crippen LogP contribution in [0.1, 0.15) is 32.3 Å². The minimum atomic E-state index is -0.396. The van der Waals surface area contributed by atoms with Gasteiger partial charge in [0.1, 0.15) is 11.6 Å². The second-order valence-corrected chi connectivity index (χ2v) is 4.52. The van der Waals surface area contributed by atoms with Gasteiger partial charge in [-0.2, -0.15) is 0 Å². The first-order valence-electron chi connectivity index (χ1n) is 5.57. The van der Waals surface area contributed by atoms with Gasteiger partial charge in [-0.05, 0) is 48.4 Å². The molecule has 0 atom stereocenters. The van der Waals surface area contributed by atoms with Crippen molar-refractivity contribution in [3.63, 3.8) is 0 Å². The highest BCUT2D eigenvalue weighted by molar-refractivity contribution is 6.18. The van der Waals surface area contributed by atoms with Gasteiger partial charge in [-0.3, -0.25) is 0 Å². The number of alkyl halides is 1. The van der Waals surface area contributed by atoms with Crippen molar-refractivity contribution in [3.05, 3.63) is 35.4 Å². The molecule has 0 spiro atoms. The van der Waals surface area contributed by atoms with E-state index in [-0.39, 0.29) is 11.2 Å². The molecule has 0 heterocycles. The van der Waals surface area contributed by atoms with Crippen LogP contribution in [-0.2, 0) is 6.42 Å². The Labute approximate surface area is 101 Å². The lowest BCUT2D eigenvalue weighted by Crippen LogP contribution is -2.24. The normalized spacial score (nSPS) is 11.8. The van der Waals surface area contributed by atoms with E-state index in [4.69, 9.17) is 11.6 Å². The lowest BCUT2D eigenvalue weighted by atomic mass is 9.78. The van der Waals surface area contributed by atoms with Gasteiger partial charge in [0.2, 0.25) is 0 Å². The van der Waals surface area contributed by atoms with Gasteiger partial charge < -0.3 is 0 Å². The van der Waals surface area contributed by atoms with Crippen molar-refractivity contribution in [3.8, 4) is 0 Å². The summed E-state index contributed by atoms with van der Waals surface area (Å²) in [6, 6.07) is 3.58. The third-order valence-electron chi connectivity index (χ3n) is 3.36. The van der Waals surface area contributed by atoms with Crippen LogP contribution in [0.15, 0.2) is 18.2 Å². The first-order valence-corrected chi connectivity index (χ1v) is 6.10. The molecule has 90 valence electrons. The van der Waals surface area contributed by atoms with E-state index in [1.165, 1.54) is 12.1 Å². The van der Waals surface area contributed by atoms with E-state index in [1.54, 1.807) is 0 Å². The predicted molar refractivity (Wildman–Crippen MR) is 63.8 cm³/mol. The van der Waals surface area contributed by atoms with E-state index in [9.17, 15) is 8.78 Å². The minimum absolute atomic E-state index is 0.129. The molecular formula is C13H17ClF2. The molecule has 0 unspecified atom stereocenters. The fourth-order valence-electron chi connectivity index (χ4n) is 1.82.